The summed E-state index contributed by atoms with van der Waals surface area (Å²) in [5.41, 5.74) is 7.47. The van der Waals surface area contributed by atoms with E-state index >= 15 is 0 Å². The molecule has 112 valence electrons. The van der Waals surface area contributed by atoms with Crippen LogP contribution in [0.2, 0.25) is 0 Å². The Morgan fingerprint density at radius 1 is 1.10 bits per heavy atom. The lowest BCUT2D eigenvalue weighted by Gasteiger charge is -2.40. The van der Waals surface area contributed by atoms with E-state index in [9.17, 15) is 0 Å². The van der Waals surface area contributed by atoms with Crippen LogP contribution in [0.5, 0.6) is 0 Å². The van der Waals surface area contributed by atoms with E-state index in [4.69, 9.17) is 10.5 Å². The Morgan fingerprint density at radius 2 is 1.76 bits per heavy atom. The molecule has 3 unspecified atom stereocenters. The van der Waals surface area contributed by atoms with Gasteiger partial charge in [-0.1, -0.05) is 42.5 Å². The van der Waals surface area contributed by atoms with Gasteiger partial charge in [-0.2, -0.15) is 0 Å². The molecule has 2 N–H and O–H groups in total. The molecule has 0 radical (unpaired) electrons. The van der Waals surface area contributed by atoms with Crippen molar-refractivity contribution in [1.29, 1.82) is 0 Å². The second kappa shape index (κ2) is 6.14. The summed E-state index contributed by atoms with van der Waals surface area (Å²) in [7, 11) is 0. The summed E-state index contributed by atoms with van der Waals surface area (Å²) in [5, 5.41) is 2.59. The molecule has 3 atom stereocenters. The van der Waals surface area contributed by atoms with Gasteiger partial charge < -0.3 is 10.5 Å². The number of morpholine rings is 1. The molecule has 0 bridgehead atoms. The van der Waals surface area contributed by atoms with Gasteiger partial charge in [-0.15, -0.1) is 0 Å². The second-order valence-corrected chi connectivity index (χ2v) is 6.03. The minimum absolute atomic E-state index is 0.255. The van der Waals surface area contributed by atoms with Crippen LogP contribution in [0.1, 0.15) is 25.5 Å². The average Bonchev–Trinajstić information content (AvgIpc) is 2.47. The first-order valence-electron chi connectivity index (χ1n) is 7.76. The molecule has 21 heavy (non-hydrogen) atoms. The maximum atomic E-state index is 6.14. The third kappa shape index (κ3) is 2.95. The Hall–Kier alpha value is -1.42. The summed E-state index contributed by atoms with van der Waals surface area (Å²) in [5.74, 6) is 0. The van der Waals surface area contributed by atoms with Gasteiger partial charge in [-0.25, -0.2) is 0 Å². The maximum Gasteiger partial charge on any atom is 0.0678 e. The topological polar surface area (TPSA) is 38.5 Å². The van der Waals surface area contributed by atoms with Crippen LogP contribution in [0.4, 0.5) is 0 Å². The van der Waals surface area contributed by atoms with Crippen LogP contribution < -0.4 is 5.73 Å². The molecule has 1 aliphatic heterocycles. The largest absolute Gasteiger partial charge is 0.373 e. The van der Waals surface area contributed by atoms with Gasteiger partial charge >= 0.3 is 0 Å². The molecule has 0 amide bonds. The first-order valence-corrected chi connectivity index (χ1v) is 7.76. The number of nitrogens with two attached hydrogens (primary N) is 1. The molecule has 0 aromatic heterocycles. The van der Waals surface area contributed by atoms with E-state index in [0.29, 0.717) is 6.54 Å². The van der Waals surface area contributed by atoms with Crippen LogP contribution in [0.3, 0.4) is 0 Å². The highest BCUT2D eigenvalue weighted by Crippen LogP contribution is 2.29. The molecule has 0 saturated carbocycles. The number of benzene rings is 2. The van der Waals surface area contributed by atoms with Gasteiger partial charge in [-0.05, 0) is 30.2 Å². The molecule has 1 heterocycles. The zero-order valence-electron chi connectivity index (χ0n) is 12.8. The summed E-state index contributed by atoms with van der Waals surface area (Å²) >= 11 is 0. The third-order valence-corrected chi connectivity index (χ3v) is 4.29. The fraction of sp³-hybridized carbons (Fsp3) is 0.444. The predicted octanol–water partition coefficient (Wildman–Crippen LogP) is 2.95. The Morgan fingerprint density at radius 3 is 2.48 bits per heavy atom. The summed E-state index contributed by atoms with van der Waals surface area (Å²) < 4.78 is 5.85. The molecule has 0 aliphatic carbocycles. The molecule has 0 spiro atoms. The maximum absolute atomic E-state index is 6.14. The van der Waals surface area contributed by atoms with Gasteiger partial charge in [0.15, 0.2) is 0 Å². The van der Waals surface area contributed by atoms with Crippen molar-refractivity contribution >= 4 is 10.8 Å². The Kier molecular flexibility index (Phi) is 4.24. The summed E-state index contributed by atoms with van der Waals surface area (Å²) in [4.78, 5) is 2.47. The smallest absolute Gasteiger partial charge is 0.0678 e. The first-order chi connectivity index (χ1) is 10.2. The molecular weight excluding hydrogens is 260 g/mol. The van der Waals surface area contributed by atoms with E-state index in [0.717, 1.165) is 13.1 Å². The fourth-order valence-corrected chi connectivity index (χ4v) is 3.49. The molecule has 2 aromatic carbocycles. The number of ether oxygens (including phenoxy) is 1. The van der Waals surface area contributed by atoms with Crippen LogP contribution in [-0.2, 0) is 4.74 Å². The standard InChI is InChI=1S/C18H24N2O/c1-13-11-20(12-14(2)21-13)18(10-19)17-9-5-7-15-6-3-4-8-16(15)17/h3-9,13-14,18H,10-12,19H2,1-2H3. The van der Waals surface area contributed by atoms with Gasteiger partial charge in [0.05, 0.1) is 12.2 Å². The van der Waals surface area contributed by atoms with Crippen LogP contribution in [0.25, 0.3) is 10.8 Å². The van der Waals surface area contributed by atoms with Crippen molar-refractivity contribution in [3.63, 3.8) is 0 Å². The molecule has 3 nitrogen and oxygen atoms in total. The van der Waals surface area contributed by atoms with Gasteiger partial charge in [-0.3, -0.25) is 4.90 Å². The fourth-order valence-electron chi connectivity index (χ4n) is 3.49. The van der Waals surface area contributed by atoms with Crippen molar-refractivity contribution in [1.82, 2.24) is 4.90 Å². The van der Waals surface area contributed by atoms with Crippen LogP contribution in [-0.4, -0.2) is 36.7 Å². The van der Waals surface area contributed by atoms with Crippen molar-refractivity contribution < 1.29 is 4.74 Å². The minimum Gasteiger partial charge on any atom is -0.373 e. The number of hydrogen-bond donors (Lipinski definition) is 1. The monoisotopic (exact) mass is 284 g/mol. The highest BCUT2D eigenvalue weighted by molar-refractivity contribution is 5.86. The van der Waals surface area contributed by atoms with Crippen molar-refractivity contribution in [2.75, 3.05) is 19.6 Å². The lowest BCUT2D eigenvalue weighted by Crippen LogP contribution is -2.48. The summed E-state index contributed by atoms with van der Waals surface area (Å²) in [6.07, 6.45) is 0.524. The average molecular weight is 284 g/mol. The number of fused-ring (bicyclic) bond motifs is 1. The van der Waals surface area contributed by atoms with E-state index in [1.807, 2.05) is 0 Å². The molecule has 3 heteroatoms. The SMILES string of the molecule is CC1CN(C(CN)c2cccc3ccccc23)CC(C)O1. The van der Waals surface area contributed by atoms with Crippen LogP contribution >= 0.6 is 0 Å². The highest BCUT2D eigenvalue weighted by atomic mass is 16.5. The summed E-state index contributed by atoms with van der Waals surface area (Å²) in [6, 6.07) is 15.3. The van der Waals surface area contributed by atoms with Crippen molar-refractivity contribution in [2.45, 2.75) is 32.1 Å². The van der Waals surface area contributed by atoms with Crippen LogP contribution in [0.15, 0.2) is 42.5 Å². The van der Waals surface area contributed by atoms with E-state index in [2.05, 4.69) is 61.2 Å². The molecular formula is C18H24N2O. The zero-order valence-corrected chi connectivity index (χ0v) is 12.8. The van der Waals surface area contributed by atoms with E-state index in [1.54, 1.807) is 0 Å². The number of nitrogens with zero attached hydrogens (tertiary/aromatic N) is 1. The van der Waals surface area contributed by atoms with E-state index < -0.39 is 0 Å². The Bertz CT molecular complexity index is 598. The van der Waals surface area contributed by atoms with Gasteiger partial charge in [0.2, 0.25) is 0 Å². The predicted molar refractivity (Wildman–Crippen MR) is 87.3 cm³/mol. The van der Waals surface area contributed by atoms with Crippen molar-refractivity contribution in [2.24, 2.45) is 5.73 Å². The van der Waals surface area contributed by atoms with Crippen molar-refractivity contribution in [3.8, 4) is 0 Å². The molecule has 1 saturated heterocycles. The van der Waals surface area contributed by atoms with Crippen LogP contribution in [0, 0.1) is 0 Å². The zero-order chi connectivity index (χ0) is 14.8. The minimum atomic E-state index is 0.255. The quantitative estimate of drug-likeness (QED) is 0.942. The Balaban J connectivity index is 1.98. The second-order valence-electron chi connectivity index (χ2n) is 6.03. The summed E-state index contributed by atoms with van der Waals surface area (Å²) in [6.45, 7) is 6.79. The van der Waals surface area contributed by atoms with E-state index in [-0.39, 0.29) is 18.2 Å². The number of rotatable bonds is 3. The molecule has 3 rings (SSSR count). The highest BCUT2D eigenvalue weighted by Gasteiger charge is 2.28. The number of hydrogen-bond acceptors (Lipinski definition) is 3. The normalized spacial score (nSPS) is 25.1. The molecule has 1 fully saturated rings. The first kappa shape index (κ1) is 14.5. The third-order valence-electron chi connectivity index (χ3n) is 4.29. The van der Waals surface area contributed by atoms with Crippen molar-refractivity contribution in [3.05, 3.63) is 48.0 Å². The molecule has 2 aromatic rings. The molecule has 1 aliphatic rings. The van der Waals surface area contributed by atoms with E-state index in [1.165, 1.54) is 16.3 Å². The lowest BCUT2D eigenvalue weighted by atomic mass is 9.96. The van der Waals surface area contributed by atoms with Gasteiger partial charge in [0.1, 0.15) is 0 Å². The van der Waals surface area contributed by atoms with Gasteiger partial charge in [0.25, 0.3) is 0 Å². The Labute approximate surface area is 126 Å². The van der Waals surface area contributed by atoms with Gasteiger partial charge in [0, 0.05) is 25.7 Å². The lowest BCUT2D eigenvalue weighted by molar-refractivity contribution is -0.0797.